The number of carbonyl (C=O) groups excluding carboxylic acids is 3. The number of methoxy groups -OCH3 is 1. The molecule has 1 aromatic heterocycles. The van der Waals surface area contributed by atoms with Crippen LogP contribution in [0.3, 0.4) is 0 Å². The van der Waals surface area contributed by atoms with E-state index in [1.165, 1.54) is 36.4 Å². The second-order valence-electron chi connectivity index (χ2n) is 9.30. The van der Waals surface area contributed by atoms with Crippen molar-refractivity contribution in [3.05, 3.63) is 72.3 Å². The molecule has 0 unspecified atom stereocenters. The van der Waals surface area contributed by atoms with Crippen molar-refractivity contribution in [2.75, 3.05) is 51.6 Å². The number of para-hydroxylation sites is 2. The van der Waals surface area contributed by atoms with Gasteiger partial charge < -0.3 is 29.9 Å². The number of halogens is 1. The summed E-state index contributed by atoms with van der Waals surface area (Å²) in [5, 5.41) is 9.99. The lowest BCUT2D eigenvalue weighted by Crippen LogP contribution is -2.41. The molecule has 3 aromatic rings. The maximum Gasteiger partial charge on any atom is 0.322 e. The monoisotopic (exact) mass is 538 g/mol. The Balaban J connectivity index is 1.46. The first kappa shape index (κ1) is 27.6. The molecule has 0 spiro atoms. The second-order valence-corrected chi connectivity index (χ2v) is 9.30. The highest BCUT2D eigenvalue weighted by Crippen LogP contribution is 2.30. The number of aromatic nitrogens is 2. The normalized spacial score (nSPS) is 16.6. The third-order valence-electron chi connectivity index (χ3n) is 6.36. The lowest BCUT2D eigenvalue weighted by atomic mass is 10.2. The summed E-state index contributed by atoms with van der Waals surface area (Å²) < 4.78 is 26.2. The Morgan fingerprint density at radius 3 is 2.67 bits per heavy atom. The van der Waals surface area contributed by atoms with E-state index in [9.17, 15) is 18.8 Å². The molecular formula is C27H31FN6O5. The molecule has 206 valence electrons. The Hall–Kier alpha value is -4.45. The fraction of sp³-hybridized carbons (Fsp3) is 0.333. The molecule has 0 radical (unpaired) electrons. The zero-order valence-corrected chi connectivity index (χ0v) is 22.0. The number of rotatable bonds is 9. The SMILES string of the molecule is COc1ccccc1NC(=O)N1C[C@@H](n2cc(NC(=O)c3cccc(F)c3)cn2)C[C@H]1COCC(=O)N(C)C. The van der Waals surface area contributed by atoms with Crippen LogP contribution in [0.4, 0.5) is 20.6 Å². The molecule has 11 nitrogen and oxygen atoms in total. The molecule has 1 fully saturated rings. The summed E-state index contributed by atoms with van der Waals surface area (Å²) in [6.45, 7) is 0.365. The summed E-state index contributed by atoms with van der Waals surface area (Å²) in [5.41, 5.74) is 1.15. The minimum Gasteiger partial charge on any atom is -0.495 e. The molecule has 4 rings (SSSR count). The van der Waals surface area contributed by atoms with Crippen molar-refractivity contribution < 1.29 is 28.2 Å². The first-order valence-corrected chi connectivity index (χ1v) is 12.3. The minimum atomic E-state index is -0.503. The average molecular weight is 539 g/mol. The van der Waals surface area contributed by atoms with Gasteiger partial charge in [0.05, 0.1) is 43.4 Å². The lowest BCUT2D eigenvalue weighted by molar-refractivity contribution is -0.133. The summed E-state index contributed by atoms with van der Waals surface area (Å²) in [5.74, 6) is -0.622. The predicted molar refractivity (Wildman–Crippen MR) is 142 cm³/mol. The van der Waals surface area contributed by atoms with Crippen LogP contribution in [0.5, 0.6) is 5.75 Å². The lowest BCUT2D eigenvalue weighted by Gasteiger charge is -2.25. The van der Waals surface area contributed by atoms with Gasteiger partial charge in [0.1, 0.15) is 18.2 Å². The molecule has 2 aromatic carbocycles. The predicted octanol–water partition coefficient (Wildman–Crippen LogP) is 3.24. The molecule has 0 bridgehead atoms. The van der Waals surface area contributed by atoms with Crippen LogP contribution in [-0.2, 0) is 9.53 Å². The highest BCUT2D eigenvalue weighted by molar-refractivity contribution is 6.04. The van der Waals surface area contributed by atoms with Crippen LogP contribution in [0.2, 0.25) is 0 Å². The Labute approximate surface area is 225 Å². The topological polar surface area (TPSA) is 118 Å². The van der Waals surface area contributed by atoms with Crippen LogP contribution in [-0.4, -0.2) is 84.4 Å². The van der Waals surface area contributed by atoms with Gasteiger partial charge in [0.15, 0.2) is 0 Å². The van der Waals surface area contributed by atoms with Crippen molar-refractivity contribution in [1.82, 2.24) is 19.6 Å². The highest BCUT2D eigenvalue weighted by atomic mass is 19.1. The molecule has 4 amide bonds. The van der Waals surface area contributed by atoms with Crippen LogP contribution >= 0.6 is 0 Å². The van der Waals surface area contributed by atoms with Gasteiger partial charge in [-0.2, -0.15) is 5.10 Å². The molecule has 1 aliphatic heterocycles. The Morgan fingerprint density at radius 2 is 1.92 bits per heavy atom. The summed E-state index contributed by atoms with van der Waals surface area (Å²) in [6, 6.07) is 11.6. The van der Waals surface area contributed by atoms with Crippen molar-refractivity contribution in [3.63, 3.8) is 0 Å². The van der Waals surface area contributed by atoms with Gasteiger partial charge in [-0.3, -0.25) is 14.3 Å². The zero-order chi connectivity index (χ0) is 27.9. The van der Waals surface area contributed by atoms with Crippen LogP contribution < -0.4 is 15.4 Å². The number of ether oxygens (including phenoxy) is 2. The van der Waals surface area contributed by atoms with Gasteiger partial charge in [0.2, 0.25) is 5.91 Å². The Bertz CT molecular complexity index is 1330. The van der Waals surface area contributed by atoms with Crippen molar-refractivity contribution in [2.24, 2.45) is 0 Å². The van der Waals surface area contributed by atoms with E-state index in [1.807, 2.05) is 0 Å². The van der Waals surface area contributed by atoms with Crippen LogP contribution in [0.15, 0.2) is 60.9 Å². The molecule has 1 saturated heterocycles. The largest absolute Gasteiger partial charge is 0.495 e. The van der Waals surface area contributed by atoms with Crippen molar-refractivity contribution in [1.29, 1.82) is 0 Å². The number of nitrogens with zero attached hydrogens (tertiary/aromatic N) is 4. The number of carbonyl (C=O) groups is 3. The summed E-state index contributed by atoms with van der Waals surface area (Å²) in [4.78, 5) is 40.9. The molecule has 0 aliphatic carbocycles. The number of amides is 4. The van der Waals surface area contributed by atoms with E-state index in [2.05, 4.69) is 15.7 Å². The molecule has 2 heterocycles. The van der Waals surface area contributed by atoms with Crippen molar-refractivity contribution >= 4 is 29.2 Å². The molecule has 12 heteroatoms. The Morgan fingerprint density at radius 1 is 1.13 bits per heavy atom. The number of nitrogens with one attached hydrogen (secondary N) is 2. The molecular weight excluding hydrogens is 507 g/mol. The molecule has 0 saturated carbocycles. The van der Waals surface area contributed by atoms with E-state index in [-0.39, 0.29) is 42.8 Å². The van der Waals surface area contributed by atoms with Gasteiger partial charge in [-0.1, -0.05) is 18.2 Å². The van der Waals surface area contributed by atoms with E-state index in [4.69, 9.17) is 9.47 Å². The summed E-state index contributed by atoms with van der Waals surface area (Å²) >= 11 is 0. The molecule has 2 atom stereocenters. The van der Waals surface area contributed by atoms with Crippen molar-refractivity contribution in [2.45, 2.75) is 18.5 Å². The third-order valence-corrected chi connectivity index (χ3v) is 6.36. The van der Waals surface area contributed by atoms with Crippen LogP contribution in [0.25, 0.3) is 0 Å². The number of likely N-dealkylation sites (N-methyl/N-ethyl adjacent to an activating group) is 1. The molecule has 2 N–H and O–H groups in total. The van der Waals surface area contributed by atoms with Gasteiger partial charge in [-0.25, -0.2) is 9.18 Å². The van der Waals surface area contributed by atoms with Gasteiger partial charge in [-0.15, -0.1) is 0 Å². The average Bonchev–Trinajstić information content (AvgIpc) is 3.56. The number of likely N-dealkylation sites (tertiary alicyclic amines) is 1. The van der Waals surface area contributed by atoms with Crippen LogP contribution in [0, 0.1) is 5.82 Å². The van der Waals surface area contributed by atoms with Gasteiger partial charge in [0.25, 0.3) is 5.91 Å². The summed E-state index contributed by atoms with van der Waals surface area (Å²) in [6.07, 6.45) is 3.67. The fourth-order valence-corrected chi connectivity index (χ4v) is 4.27. The maximum absolute atomic E-state index is 13.5. The fourth-order valence-electron chi connectivity index (χ4n) is 4.27. The van der Waals surface area contributed by atoms with E-state index >= 15 is 0 Å². The second kappa shape index (κ2) is 12.4. The highest BCUT2D eigenvalue weighted by Gasteiger charge is 2.37. The van der Waals surface area contributed by atoms with Gasteiger partial charge in [0, 0.05) is 32.4 Å². The zero-order valence-electron chi connectivity index (χ0n) is 22.0. The van der Waals surface area contributed by atoms with E-state index in [0.29, 0.717) is 30.1 Å². The van der Waals surface area contributed by atoms with Gasteiger partial charge in [-0.05, 0) is 36.8 Å². The van der Waals surface area contributed by atoms with Crippen LogP contribution in [0.1, 0.15) is 22.8 Å². The van der Waals surface area contributed by atoms with E-state index in [1.54, 1.807) is 54.1 Å². The number of hydrogen-bond acceptors (Lipinski definition) is 6. The van der Waals surface area contributed by atoms with E-state index < -0.39 is 11.7 Å². The third kappa shape index (κ3) is 6.90. The first-order chi connectivity index (χ1) is 18.7. The quantitative estimate of drug-likeness (QED) is 0.432. The standard InChI is InChI=1S/C27H31FN6O5/c1-32(2)25(35)17-39-16-22-12-21(15-33(22)27(37)31-23-9-4-5-10-24(23)38-3)34-14-20(13-29-34)30-26(36)18-7-6-8-19(28)11-18/h4-11,13-14,21-22H,12,15-17H2,1-3H3,(H,30,36)(H,31,37)/t21-,22-/m0/s1. The smallest absolute Gasteiger partial charge is 0.322 e. The maximum atomic E-state index is 13.5. The number of hydrogen-bond donors (Lipinski definition) is 2. The summed E-state index contributed by atoms with van der Waals surface area (Å²) in [7, 11) is 4.82. The molecule has 39 heavy (non-hydrogen) atoms. The van der Waals surface area contributed by atoms with Crippen molar-refractivity contribution in [3.8, 4) is 5.75 Å². The first-order valence-electron chi connectivity index (χ1n) is 12.3. The number of benzene rings is 2. The Kier molecular flexibility index (Phi) is 8.77. The number of anilines is 2. The number of urea groups is 1. The van der Waals surface area contributed by atoms with E-state index in [0.717, 1.165) is 6.07 Å². The minimum absolute atomic E-state index is 0.103. The van der Waals surface area contributed by atoms with Gasteiger partial charge >= 0.3 is 6.03 Å². The molecule has 1 aliphatic rings.